The van der Waals surface area contributed by atoms with Crippen LogP contribution in [-0.4, -0.2) is 25.4 Å². The molecular formula is C17H25NO2. The molecule has 2 fully saturated rings. The number of rotatable bonds is 4. The van der Waals surface area contributed by atoms with Crippen molar-refractivity contribution in [1.29, 1.82) is 0 Å². The SMILES string of the molecule is COc1ccccc1CNC1CCOC2(CCCC2)C1. The van der Waals surface area contributed by atoms with Crippen LogP contribution in [-0.2, 0) is 11.3 Å². The van der Waals surface area contributed by atoms with E-state index in [1.165, 1.54) is 37.7 Å². The van der Waals surface area contributed by atoms with Gasteiger partial charge in [-0.1, -0.05) is 31.0 Å². The maximum Gasteiger partial charge on any atom is 0.123 e. The first kappa shape index (κ1) is 13.9. The average molecular weight is 275 g/mol. The third-order valence-corrected chi connectivity index (χ3v) is 4.78. The first-order valence-corrected chi connectivity index (χ1v) is 7.81. The van der Waals surface area contributed by atoms with E-state index in [2.05, 4.69) is 17.4 Å². The number of ether oxygens (including phenoxy) is 2. The van der Waals surface area contributed by atoms with Gasteiger partial charge >= 0.3 is 0 Å². The van der Waals surface area contributed by atoms with Gasteiger partial charge in [-0.25, -0.2) is 0 Å². The Labute approximate surface area is 121 Å². The number of nitrogens with one attached hydrogen (secondary N) is 1. The molecule has 1 atom stereocenters. The lowest BCUT2D eigenvalue weighted by molar-refractivity contribution is -0.0837. The van der Waals surface area contributed by atoms with Crippen LogP contribution in [0, 0.1) is 0 Å². The molecule has 0 bridgehead atoms. The van der Waals surface area contributed by atoms with Crippen molar-refractivity contribution >= 4 is 0 Å². The summed E-state index contributed by atoms with van der Waals surface area (Å²) in [5, 5.41) is 3.70. The maximum absolute atomic E-state index is 6.09. The van der Waals surface area contributed by atoms with Crippen molar-refractivity contribution in [3.05, 3.63) is 29.8 Å². The highest BCUT2D eigenvalue weighted by Gasteiger charge is 2.39. The van der Waals surface area contributed by atoms with E-state index in [0.29, 0.717) is 6.04 Å². The molecule has 1 saturated heterocycles. The van der Waals surface area contributed by atoms with E-state index in [9.17, 15) is 0 Å². The highest BCUT2D eigenvalue weighted by Crippen LogP contribution is 2.40. The highest BCUT2D eigenvalue weighted by molar-refractivity contribution is 5.33. The van der Waals surface area contributed by atoms with Crippen LogP contribution < -0.4 is 10.1 Å². The monoisotopic (exact) mass is 275 g/mol. The smallest absolute Gasteiger partial charge is 0.123 e. The van der Waals surface area contributed by atoms with Gasteiger partial charge in [0, 0.05) is 24.8 Å². The average Bonchev–Trinajstić information content (AvgIpc) is 2.93. The van der Waals surface area contributed by atoms with Gasteiger partial charge < -0.3 is 14.8 Å². The molecule has 20 heavy (non-hydrogen) atoms. The lowest BCUT2D eigenvalue weighted by atomic mass is 9.89. The van der Waals surface area contributed by atoms with Crippen molar-refractivity contribution in [3.63, 3.8) is 0 Å². The van der Waals surface area contributed by atoms with Crippen LogP contribution in [0.15, 0.2) is 24.3 Å². The van der Waals surface area contributed by atoms with E-state index in [1.54, 1.807) is 7.11 Å². The van der Waals surface area contributed by atoms with Gasteiger partial charge in [0.1, 0.15) is 5.75 Å². The van der Waals surface area contributed by atoms with Gasteiger partial charge in [0.2, 0.25) is 0 Å². The molecule has 3 nitrogen and oxygen atoms in total. The predicted molar refractivity (Wildman–Crippen MR) is 80.0 cm³/mol. The first-order chi connectivity index (χ1) is 9.81. The molecule has 1 aromatic carbocycles. The van der Waals surface area contributed by atoms with Crippen LogP contribution in [0.3, 0.4) is 0 Å². The summed E-state index contributed by atoms with van der Waals surface area (Å²) >= 11 is 0. The molecule has 1 N–H and O–H groups in total. The summed E-state index contributed by atoms with van der Waals surface area (Å²) in [6.07, 6.45) is 7.46. The molecule has 1 aliphatic heterocycles. The zero-order valence-corrected chi connectivity index (χ0v) is 12.4. The molecule has 1 unspecified atom stereocenters. The summed E-state index contributed by atoms with van der Waals surface area (Å²) in [4.78, 5) is 0. The van der Waals surface area contributed by atoms with E-state index in [0.717, 1.165) is 25.3 Å². The minimum atomic E-state index is 0.191. The van der Waals surface area contributed by atoms with Crippen LogP contribution in [0.5, 0.6) is 5.75 Å². The normalized spacial score (nSPS) is 24.9. The Bertz CT molecular complexity index is 440. The molecule has 110 valence electrons. The fourth-order valence-corrected chi connectivity index (χ4v) is 3.67. The lowest BCUT2D eigenvalue weighted by Crippen LogP contribution is -2.45. The van der Waals surface area contributed by atoms with Gasteiger partial charge in [-0.2, -0.15) is 0 Å². The third kappa shape index (κ3) is 2.99. The standard InChI is InChI=1S/C17H25NO2/c1-19-16-7-3-2-6-14(16)13-18-15-8-11-20-17(12-15)9-4-5-10-17/h2-3,6-7,15,18H,4-5,8-13H2,1H3. The van der Waals surface area contributed by atoms with Crippen molar-refractivity contribution in [2.75, 3.05) is 13.7 Å². The Balaban J connectivity index is 1.58. The Hall–Kier alpha value is -1.06. The van der Waals surface area contributed by atoms with Gasteiger partial charge in [-0.3, -0.25) is 0 Å². The molecule has 3 rings (SSSR count). The number of methoxy groups -OCH3 is 1. The van der Waals surface area contributed by atoms with Crippen molar-refractivity contribution < 1.29 is 9.47 Å². The number of para-hydroxylation sites is 1. The van der Waals surface area contributed by atoms with Gasteiger partial charge in [-0.15, -0.1) is 0 Å². The summed E-state index contributed by atoms with van der Waals surface area (Å²) in [5.41, 5.74) is 1.43. The van der Waals surface area contributed by atoms with E-state index < -0.39 is 0 Å². The highest BCUT2D eigenvalue weighted by atomic mass is 16.5. The van der Waals surface area contributed by atoms with Gasteiger partial charge in [0.15, 0.2) is 0 Å². The Morgan fingerprint density at radius 2 is 2.10 bits per heavy atom. The van der Waals surface area contributed by atoms with Crippen LogP contribution in [0.1, 0.15) is 44.1 Å². The topological polar surface area (TPSA) is 30.5 Å². The van der Waals surface area contributed by atoms with Crippen LogP contribution in [0.25, 0.3) is 0 Å². The first-order valence-electron chi connectivity index (χ1n) is 7.81. The fourth-order valence-electron chi connectivity index (χ4n) is 3.67. The van der Waals surface area contributed by atoms with Crippen LogP contribution in [0.4, 0.5) is 0 Å². The molecule has 0 radical (unpaired) electrons. The van der Waals surface area contributed by atoms with E-state index in [-0.39, 0.29) is 5.60 Å². The number of hydrogen-bond acceptors (Lipinski definition) is 3. The zero-order chi connectivity index (χ0) is 13.8. The molecule has 1 aliphatic carbocycles. The minimum absolute atomic E-state index is 0.191. The van der Waals surface area contributed by atoms with Crippen LogP contribution in [0.2, 0.25) is 0 Å². The van der Waals surface area contributed by atoms with Gasteiger partial charge in [0.05, 0.1) is 12.7 Å². The summed E-state index contributed by atoms with van der Waals surface area (Å²) in [5.74, 6) is 0.975. The Morgan fingerprint density at radius 3 is 2.90 bits per heavy atom. The van der Waals surface area contributed by atoms with Gasteiger partial charge in [0.25, 0.3) is 0 Å². The van der Waals surface area contributed by atoms with Crippen molar-refractivity contribution in [3.8, 4) is 5.75 Å². The molecule has 0 aromatic heterocycles. The lowest BCUT2D eigenvalue weighted by Gasteiger charge is -2.38. The minimum Gasteiger partial charge on any atom is -0.496 e. The van der Waals surface area contributed by atoms with Crippen molar-refractivity contribution in [2.24, 2.45) is 0 Å². The second-order valence-electron chi connectivity index (χ2n) is 6.12. The second kappa shape index (κ2) is 6.15. The molecule has 1 spiro atoms. The number of hydrogen-bond donors (Lipinski definition) is 1. The second-order valence-corrected chi connectivity index (χ2v) is 6.12. The Kier molecular flexibility index (Phi) is 4.27. The van der Waals surface area contributed by atoms with E-state index in [1.807, 2.05) is 12.1 Å². The van der Waals surface area contributed by atoms with E-state index in [4.69, 9.17) is 9.47 Å². The zero-order valence-electron chi connectivity index (χ0n) is 12.4. The van der Waals surface area contributed by atoms with E-state index >= 15 is 0 Å². The van der Waals surface area contributed by atoms with Gasteiger partial charge in [-0.05, 0) is 31.7 Å². The largest absolute Gasteiger partial charge is 0.496 e. The third-order valence-electron chi connectivity index (χ3n) is 4.78. The summed E-state index contributed by atoms with van der Waals surface area (Å²) in [6.45, 7) is 1.79. The molecule has 1 saturated carbocycles. The van der Waals surface area contributed by atoms with Crippen molar-refractivity contribution in [2.45, 2.75) is 56.7 Å². The summed E-state index contributed by atoms with van der Waals surface area (Å²) in [7, 11) is 1.74. The molecule has 3 heteroatoms. The molecule has 1 aromatic rings. The quantitative estimate of drug-likeness (QED) is 0.914. The molecular weight excluding hydrogens is 250 g/mol. The molecule has 0 amide bonds. The number of benzene rings is 1. The molecule has 1 heterocycles. The Morgan fingerprint density at radius 1 is 1.30 bits per heavy atom. The predicted octanol–water partition coefficient (Wildman–Crippen LogP) is 3.28. The summed E-state index contributed by atoms with van der Waals surface area (Å²) < 4.78 is 11.5. The maximum atomic E-state index is 6.09. The van der Waals surface area contributed by atoms with Crippen LogP contribution >= 0.6 is 0 Å². The molecule has 2 aliphatic rings. The fraction of sp³-hybridized carbons (Fsp3) is 0.647. The summed E-state index contributed by atoms with van der Waals surface area (Å²) in [6, 6.07) is 8.83. The van der Waals surface area contributed by atoms with Crippen molar-refractivity contribution in [1.82, 2.24) is 5.32 Å².